The maximum atomic E-state index is 12.3. The molecule has 4 heteroatoms. The van der Waals surface area contributed by atoms with Gasteiger partial charge >= 0.3 is 6.18 Å². The van der Waals surface area contributed by atoms with Crippen molar-refractivity contribution in [1.82, 2.24) is 5.32 Å². The van der Waals surface area contributed by atoms with Crippen LogP contribution in [0.25, 0.3) is 0 Å². The molecule has 112 valence electrons. The lowest BCUT2D eigenvalue weighted by molar-refractivity contribution is -0.135. The van der Waals surface area contributed by atoms with Gasteiger partial charge in [-0.3, -0.25) is 0 Å². The van der Waals surface area contributed by atoms with E-state index < -0.39 is 12.6 Å². The third-order valence-electron chi connectivity index (χ3n) is 4.11. The largest absolute Gasteiger partial charge is 0.389 e. The van der Waals surface area contributed by atoms with Gasteiger partial charge in [0, 0.05) is 12.5 Å². The zero-order valence-electron chi connectivity index (χ0n) is 11.8. The van der Waals surface area contributed by atoms with Crippen molar-refractivity contribution < 1.29 is 13.2 Å². The Hall–Kier alpha value is -1.03. The Morgan fingerprint density at radius 2 is 2.05 bits per heavy atom. The predicted molar refractivity (Wildman–Crippen MR) is 74.9 cm³/mol. The van der Waals surface area contributed by atoms with Crippen LogP contribution < -0.4 is 5.32 Å². The highest BCUT2D eigenvalue weighted by Crippen LogP contribution is 2.37. The molecule has 2 atom stereocenters. The average molecular weight is 285 g/mol. The van der Waals surface area contributed by atoms with E-state index in [4.69, 9.17) is 0 Å². The molecule has 0 bridgehead atoms. The molecule has 0 radical (unpaired) electrons. The van der Waals surface area contributed by atoms with Crippen LogP contribution in [0.4, 0.5) is 13.2 Å². The number of fused-ring (bicyclic) bond motifs is 1. The van der Waals surface area contributed by atoms with E-state index >= 15 is 0 Å². The number of benzene rings is 1. The van der Waals surface area contributed by atoms with E-state index in [1.54, 1.807) is 0 Å². The van der Waals surface area contributed by atoms with E-state index in [2.05, 4.69) is 17.4 Å². The van der Waals surface area contributed by atoms with Gasteiger partial charge in [0.25, 0.3) is 0 Å². The van der Waals surface area contributed by atoms with Gasteiger partial charge in [0.05, 0.1) is 0 Å². The summed E-state index contributed by atoms with van der Waals surface area (Å²) in [6, 6.07) is 8.48. The van der Waals surface area contributed by atoms with Crippen molar-refractivity contribution in [3.63, 3.8) is 0 Å². The predicted octanol–water partition coefficient (Wildman–Crippen LogP) is 4.43. The number of aryl methyl sites for hydroxylation is 1. The SMILES string of the molecule is CCNC(CCCC(F)(F)F)C1CCc2ccccc21. The first kappa shape index (κ1) is 15.4. The maximum Gasteiger partial charge on any atom is 0.389 e. The van der Waals surface area contributed by atoms with Crippen LogP contribution >= 0.6 is 0 Å². The number of alkyl halides is 3. The molecule has 0 spiro atoms. The summed E-state index contributed by atoms with van der Waals surface area (Å²) >= 11 is 0. The quantitative estimate of drug-likeness (QED) is 0.815. The summed E-state index contributed by atoms with van der Waals surface area (Å²) in [6.07, 6.45) is -1.83. The first-order valence-electron chi connectivity index (χ1n) is 7.39. The second kappa shape index (κ2) is 6.61. The molecule has 2 rings (SSSR count). The third kappa shape index (κ3) is 3.98. The van der Waals surface area contributed by atoms with Crippen molar-refractivity contribution in [2.75, 3.05) is 6.54 Å². The summed E-state index contributed by atoms with van der Waals surface area (Å²) in [5, 5.41) is 3.38. The Labute approximate surface area is 118 Å². The molecule has 0 fully saturated rings. The zero-order chi connectivity index (χ0) is 14.6. The van der Waals surface area contributed by atoms with Crippen molar-refractivity contribution in [2.45, 2.75) is 57.2 Å². The van der Waals surface area contributed by atoms with Crippen molar-refractivity contribution in [2.24, 2.45) is 0 Å². The molecule has 0 aromatic heterocycles. The Morgan fingerprint density at radius 3 is 2.75 bits per heavy atom. The highest BCUT2D eigenvalue weighted by atomic mass is 19.4. The van der Waals surface area contributed by atoms with Crippen LogP contribution in [-0.4, -0.2) is 18.8 Å². The van der Waals surface area contributed by atoms with E-state index in [-0.39, 0.29) is 12.5 Å². The fourth-order valence-corrected chi connectivity index (χ4v) is 3.24. The van der Waals surface area contributed by atoms with Crippen LogP contribution in [0.1, 0.15) is 49.7 Å². The summed E-state index contributed by atoms with van der Waals surface area (Å²) in [6.45, 7) is 2.81. The van der Waals surface area contributed by atoms with Crippen molar-refractivity contribution in [3.05, 3.63) is 35.4 Å². The number of hydrogen-bond acceptors (Lipinski definition) is 1. The molecule has 0 amide bonds. The first-order valence-corrected chi connectivity index (χ1v) is 7.39. The van der Waals surface area contributed by atoms with Gasteiger partial charge in [0.15, 0.2) is 0 Å². The van der Waals surface area contributed by atoms with E-state index in [1.807, 2.05) is 19.1 Å². The Bertz CT molecular complexity index is 428. The monoisotopic (exact) mass is 285 g/mol. The van der Waals surface area contributed by atoms with Crippen LogP contribution in [0, 0.1) is 0 Å². The van der Waals surface area contributed by atoms with Gasteiger partial charge in [0.1, 0.15) is 0 Å². The van der Waals surface area contributed by atoms with Crippen LogP contribution in [0.5, 0.6) is 0 Å². The minimum absolute atomic E-state index is 0.158. The van der Waals surface area contributed by atoms with Gasteiger partial charge in [-0.05, 0) is 49.3 Å². The molecular weight excluding hydrogens is 263 g/mol. The van der Waals surface area contributed by atoms with Gasteiger partial charge < -0.3 is 5.32 Å². The molecule has 1 aliphatic carbocycles. The van der Waals surface area contributed by atoms with Crippen LogP contribution in [0.15, 0.2) is 24.3 Å². The van der Waals surface area contributed by atoms with Crippen LogP contribution in [0.3, 0.4) is 0 Å². The maximum absolute atomic E-state index is 12.3. The van der Waals surface area contributed by atoms with Crippen molar-refractivity contribution in [1.29, 1.82) is 0 Å². The molecule has 0 heterocycles. The van der Waals surface area contributed by atoms with Gasteiger partial charge in [-0.1, -0.05) is 31.2 Å². The summed E-state index contributed by atoms with van der Waals surface area (Å²) in [5.41, 5.74) is 2.68. The zero-order valence-corrected chi connectivity index (χ0v) is 11.8. The lowest BCUT2D eigenvalue weighted by Crippen LogP contribution is -2.34. The number of likely N-dealkylation sites (N-methyl/N-ethyl adjacent to an activating group) is 1. The van der Waals surface area contributed by atoms with E-state index in [0.717, 1.165) is 19.4 Å². The second-order valence-corrected chi connectivity index (χ2v) is 5.52. The molecule has 2 unspecified atom stereocenters. The van der Waals surface area contributed by atoms with E-state index in [9.17, 15) is 13.2 Å². The molecular formula is C16H22F3N. The summed E-state index contributed by atoms with van der Waals surface area (Å²) in [7, 11) is 0. The number of nitrogens with one attached hydrogen (secondary N) is 1. The molecule has 1 aliphatic rings. The molecule has 0 aliphatic heterocycles. The molecule has 20 heavy (non-hydrogen) atoms. The molecule has 1 aromatic carbocycles. The van der Waals surface area contributed by atoms with E-state index in [1.165, 1.54) is 11.1 Å². The average Bonchev–Trinajstić information content (AvgIpc) is 2.80. The number of halogens is 3. The van der Waals surface area contributed by atoms with Crippen LogP contribution in [-0.2, 0) is 6.42 Å². The molecule has 1 nitrogen and oxygen atoms in total. The van der Waals surface area contributed by atoms with Gasteiger partial charge in [0.2, 0.25) is 0 Å². The first-order chi connectivity index (χ1) is 9.51. The molecule has 0 saturated carbocycles. The highest BCUT2D eigenvalue weighted by Gasteiger charge is 2.31. The normalized spacial score (nSPS) is 19.9. The summed E-state index contributed by atoms with van der Waals surface area (Å²) in [4.78, 5) is 0. The van der Waals surface area contributed by atoms with Gasteiger partial charge in [-0.15, -0.1) is 0 Å². The lowest BCUT2D eigenvalue weighted by atomic mass is 9.89. The van der Waals surface area contributed by atoms with Gasteiger partial charge in [-0.2, -0.15) is 13.2 Å². The second-order valence-electron chi connectivity index (χ2n) is 5.52. The van der Waals surface area contributed by atoms with Crippen LogP contribution in [0.2, 0.25) is 0 Å². The minimum Gasteiger partial charge on any atom is -0.314 e. The lowest BCUT2D eigenvalue weighted by Gasteiger charge is -2.25. The molecule has 0 saturated heterocycles. The topological polar surface area (TPSA) is 12.0 Å². The number of hydrogen-bond donors (Lipinski definition) is 1. The Balaban J connectivity index is 1.99. The molecule has 1 aromatic rings. The molecule has 1 N–H and O–H groups in total. The fraction of sp³-hybridized carbons (Fsp3) is 0.625. The standard InChI is InChI=1S/C16H22F3N/c1-2-20-15(8-5-11-16(17,18)19)14-10-9-12-6-3-4-7-13(12)14/h3-4,6-7,14-15,20H,2,5,8-11H2,1H3. The van der Waals surface area contributed by atoms with Crippen molar-refractivity contribution in [3.8, 4) is 0 Å². The van der Waals surface area contributed by atoms with E-state index in [0.29, 0.717) is 12.3 Å². The minimum atomic E-state index is -4.04. The summed E-state index contributed by atoms with van der Waals surface area (Å²) < 4.78 is 36.9. The van der Waals surface area contributed by atoms with Gasteiger partial charge in [-0.25, -0.2) is 0 Å². The van der Waals surface area contributed by atoms with Crippen molar-refractivity contribution >= 4 is 0 Å². The fourth-order valence-electron chi connectivity index (χ4n) is 3.24. The Morgan fingerprint density at radius 1 is 1.30 bits per heavy atom. The third-order valence-corrected chi connectivity index (χ3v) is 4.11. The summed E-state index contributed by atoms with van der Waals surface area (Å²) in [5.74, 6) is 0.361. The highest BCUT2D eigenvalue weighted by molar-refractivity contribution is 5.36. The number of rotatable bonds is 6. The smallest absolute Gasteiger partial charge is 0.314 e. The Kier molecular flexibility index (Phi) is 5.08.